The molecule has 22 heavy (non-hydrogen) atoms. The van der Waals surface area contributed by atoms with Crippen molar-refractivity contribution < 1.29 is 14.9 Å². The molecule has 2 aromatic rings. The van der Waals surface area contributed by atoms with E-state index in [0.29, 0.717) is 17.7 Å². The summed E-state index contributed by atoms with van der Waals surface area (Å²) in [6.45, 7) is 3.70. The highest BCUT2D eigenvalue weighted by Gasteiger charge is 2.36. The van der Waals surface area contributed by atoms with Crippen molar-refractivity contribution in [2.75, 3.05) is 0 Å². The van der Waals surface area contributed by atoms with E-state index in [1.807, 2.05) is 62.4 Å². The van der Waals surface area contributed by atoms with Gasteiger partial charge in [0.2, 0.25) is 0 Å². The number of phenolic OH excluding ortho intramolecular Hbond substituents is 1. The van der Waals surface area contributed by atoms with Gasteiger partial charge in [-0.15, -0.1) is 0 Å². The smallest absolute Gasteiger partial charge is 0.129 e. The Hall–Kier alpha value is -2.26. The molecule has 3 heteroatoms. The number of hydrogen-bond donors (Lipinski definition) is 2. The second-order valence-electron chi connectivity index (χ2n) is 6.19. The van der Waals surface area contributed by atoms with Crippen LogP contribution in [0.4, 0.5) is 0 Å². The number of phenols is 1. The second kappa shape index (κ2) is 5.50. The van der Waals surface area contributed by atoms with Crippen molar-refractivity contribution in [3.63, 3.8) is 0 Å². The summed E-state index contributed by atoms with van der Waals surface area (Å²) in [6, 6.07) is 13.6. The van der Waals surface area contributed by atoms with Crippen molar-refractivity contribution in [3.05, 3.63) is 59.2 Å². The zero-order chi connectivity index (χ0) is 15.7. The molecule has 1 aliphatic rings. The second-order valence-corrected chi connectivity index (χ2v) is 6.19. The number of aliphatic hydroxyl groups is 1. The fourth-order valence-electron chi connectivity index (χ4n) is 2.59. The number of aromatic hydroxyl groups is 1. The van der Waals surface area contributed by atoms with Crippen molar-refractivity contribution in [2.45, 2.75) is 32.0 Å². The molecule has 1 heterocycles. The molecule has 1 aliphatic heterocycles. The Balaban J connectivity index is 1.93. The molecule has 0 radical (unpaired) electrons. The molecule has 0 aromatic heterocycles. The molecular weight excluding hydrogens is 276 g/mol. The summed E-state index contributed by atoms with van der Waals surface area (Å²) < 4.78 is 5.86. The topological polar surface area (TPSA) is 49.7 Å². The number of fused-ring (bicyclic) bond motifs is 1. The number of benzene rings is 2. The minimum Gasteiger partial charge on any atom is -0.508 e. The van der Waals surface area contributed by atoms with Crippen LogP contribution in [-0.4, -0.2) is 21.9 Å². The Labute approximate surface area is 130 Å². The SMILES string of the molecule is CC1(C)Oc2cc(/C=C/c3ccccc3)cc(O)c2C[C@H]1O. The lowest BCUT2D eigenvalue weighted by Crippen LogP contribution is -2.46. The van der Waals surface area contributed by atoms with Crippen LogP contribution in [-0.2, 0) is 6.42 Å². The summed E-state index contributed by atoms with van der Waals surface area (Å²) in [5.41, 5.74) is 1.98. The van der Waals surface area contributed by atoms with Gasteiger partial charge in [0.15, 0.2) is 0 Å². The molecule has 0 aliphatic carbocycles. The highest BCUT2D eigenvalue weighted by atomic mass is 16.5. The summed E-state index contributed by atoms with van der Waals surface area (Å²) >= 11 is 0. The summed E-state index contributed by atoms with van der Waals surface area (Å²) in [7, 11) is 0. The first-order valence-corrected chi connectivity index (χ1v) is 7.42. The van der Waals surface area contributed by atoms with E-state index in [1.165, 1.54) is 0 Å². The first-order chi connectivity index (χ1) is 10.5. The van der Waals surface area contributed by atoms with Crippen molar-refractivity contribution >= 4 is 12.2 Å². The van der Waals surface area contributed by atoms with Crippen LogP contribution >= 0.6 is 0 Å². The van der Waals surface area contributed by atoms with Crippen LogP contribution in [0.1, 0.15) is 30.5 Å². The van der Waals surface area contributed by atoms with Gasteiger partial charge in [-0.2, -0.15) is 0 Å². The molecule has 3 rings (SSSR count). The summed E-state index contributed by atoms with van der Waals surface area (Å²) in [5.74, 6) is 0.808. The predicted octanol–water partition coefficient (Wildman–Crippen LogP) is 3.64. The van der Waals surface area contributed by atoms with Crippen LogP contribution < -0.4 is 4.74 Å². The zero-order valence-electron chi connectivity index (χ0n) is 12.8. The fraction of sp³-hybridized carbons (Fsp3) is 0.263. The van der Waals surface area contributed by atoms with Crippen molar-refractivity contribution in [1.82, 2.24) is 0 Å². The Morgan fingerprint density at radius 2 is 1.77 bits per heavy atom. The summed E-state index contributed by atoms with van der Waals surface area (Å²) in [5, 5.41) is 20.3. The van der Waals surface area contributed by atoms with Crippen LogP contribution in [0.5, 0.6) is 11.5 Å². The molecule has 0 unspecified atom stereocenters. The van der Waals surface area contributed by atoms with Crippen molar-refractivity contribution in [3.8, 4) is 11.5 Å². The maximum Gasteiger partial charge on any atom is 0.129 e. The van der Waals surface area contributed by atoms with E-state index < -0.39 is 11.7 Å². The van der Waals surface area contributed by atoms with Gasteiger partial charge >= 0.3 is 0 Å². The molecule has 0 spiro atoms. The molecule has 0 saturated heterocycles. The highest BCUT2D eigenvalue weighted by Crippen LogP contribution is 2.39. The molecule has 0 saturated carbocycles. The summed E-state index contributed by atoms with van der Waals surface area (Å²) in [6.07, 6.45) is 3.70. The van der Waals surface area contributed by atoms with Gasteiger partial charge in [-0.05, 0) is 37.1 Å². The van der Waals surface area contributed by atoms with Crippen molar-refractivity contribution in [2.24, 2.45) is 0 Å². The van der Waals surface area contributed by atoms with Crippen LogP contribution in [0, 0.1) is 0 Å². The predicted molar refractivity (Wildman–Crippen MR) is 87.9 cm³/mol. The average molecular weight is 296 g/mol. The molecule has 0 amide bonds. The lowest BCUT2D eigenvalue weighted by Gasteiger charge is -2.37. The van der Waals surface area contributed by atoms with E-state index in [1.54, 1.807) is 6.07 Å². The molecule has 0 fully saturated rings. The number of ether oxygens (including phenoxy) is 1. The molecular formula is C19H20O3. The Morgan fingerprint density at radius 3 is 2.50 bits per heavy atom. The molecule has 1 atom stereocenters. The van der Waals surface area contributed by atoms with Gasteiger partial charge in [-0.3, -0.25) is 0 Å². The van der Waals surface area contributed by atoms with E-state index in [9.17, 15) is 10.2 Å². The minimum atomic E-state index is -0.652. The Morgan fingerprint density at radius 1 is 1.09 bits per heavy atom. The standard InChI is InChI=1S/C19H20O3/c1-19(2)18(21)12-15-16(20)10-14(11-17(15)22-19)9-8-13-6-4-3-5-7-13/h3-11,18,20-21H,12H2,1-2H3/b9-8+/t18-/m1/s1. The quantitative estimate of drug-likeness (QED) is 0.832. The van der Waals surface area contributed by atoms with Crippen LogP contribution in [0.2, 0.25) is 0 Å². The monoisotopic (exact) mass is 296 g/mol. The molecule has 114 valence electrons. The first kappa shape index (κ1) is 14.7. The molecule has 2 aromatic carbocycles. The maximum absolute atomic E-state index is 10.2. The van der Waals surface area contributed by atoms with E-state index in [4.69, 9.17) is 4.74 Å². The molecule has 2 N–H and O–H groups in total. The third kappa shape index (κ3) is 2.85. The average Bonchev–Trinajstić information content (AvgIpc) is 2.48. The largest absolute Gasteiger partial charge is 0.508 e. The zero-order valence-corrected chi connectivity index (χ0v) is 12.8. The van der Waals surface area contributed by atoms with Crippen molar-refractivity contribution in [1.29, 1.82) is 0 Å². The number of rotatable bonds is 2. The highest BCUT2D eigenvalue weighted by molar-refractivity contribution is 5.71. The van der Waals surface area contributed by atoms with Gasteiger partial charge in [0.1, 0.15) is 17.1 Å². The number of hydrogen-bond acceptors (Lipinski definition) is 3. The van der Waals surface area contributed by atoms with Gasteiger partial charge < -0.3 is 14.9 Å². The molecule has 3 nitrogen and oxygen atoms in total. The van der Waals surface area contributed by atoms with E-state index in [-0.39, 0.29) is 5.75 Å². The van der Waals surface area contributed by atoms with Gasteiger partial charge in [-0.25, -0.2) is 0 Å². The summed E-state index contributed by atoms with van der Waals surface area (Å²) in [4.78, 5) is 0. The van der Waals surface area contributed by atoms with Gasteiger partial charge in [0, 0.05) is 12.0 Å². The van der Waals surface area contributed by atoms with Gasteiger partial charge in [0.05, 0.1) is 6.10 Å². The minimum absolute atomic E-state index is 0.166. The lowest BCUT2D eigenvalue weighted by atomic mass is 9.90. The van der Waals surface area contributed by atoms with E-state index in [2.05, 4.69) is 0 Å². The Bertz CT molecular complexity index is 702. The van der Waals surface area contributed by atoms with Crippen LogP contribution in [0.3, 0.4) is 0 Å². The Kier molecular flexibility index (Phi) is 3.67. The van der Waals surface area contributed by atoms with Gasteiger partial charge in [-0.1, -0.05) is 42.5 Å². The first-order valence-electron chi connectivity index (χ1n) is 7.42. The maximum atomic E-state index is 10.2. The fourth-order valence-corrected chi connectivity index (χ4v) is 2.59. The third-order valence-electron chi connectivity index (χ3n) is 4.05. The number of aliphatic hydroxyl groups excluding tert-OH is 1. The third-order valence-corrected chi connectivity index (χ3v) is 4.05. The van der Waals surface area contributed by atoms with Gasteiger partial charge in [0.25, 0.3) is 0 Å². The van der Waals surface area contributed by atoms with E-state index >= 15 is 0 Å². The normalized spacial score (nSPS) is 19.7. The van der Waals surface area contributed by atoms with E-state index in [0.717, 1.165) is 11.1 Å². The van der Waals surface area contributed by atoms with Crippen LogP contribution in [0.15, 0.2) is 42.5 Å². The lowest BCUT2D eigenvalue weighted by molar-refractivity contribution is -0.0417. The van der Waals surface area contributed by atoms with Crippen LogP contribution in [0.25, 0.3) is 12.2 Å². The molecule has 0 bridgehead atoms.